The van der Waals surface area contributed by atoms with Gasteiger partial charge in [0.1, 0.15) is 0 Å². The Balaban J connectivity index is 1.51. The minimum atomic E-state index is -0.158. The Morgan fingerprint density at radius 3 is 2.60 bits per heavy atom. The third-order valence-corrected chi connectivity index (χ3v) is 5.10. The molecule has 4 nitrogen and oxygen atoms in total. The van der Waals surface area contributed by atoms with E-state index in [1.54, 1.807) is 23.3 Å². The molecule has 1 aromatic heterocycles. The second-order valence-electron chi connectivity index (χ2n) is 6.02. The number of nitrogens with one attached hydrogen (secondary N) is 1. The van der Waals surface area contributed by atoms with Gasteiger partial charge in [0.05, 0.1) is 6.42 Å². The van der Waals surface area contributed by atoms with Crippen molar-refractivity contribution in [3.8, 4) is 11.1 Å². The summed E-state index contributed by atoms with van der Waals surface area (Å²) in [7, 11) is 1.77. The average molecular weight is 348 g/mol. The molecule has 1 aliphatic heterocycles. The molecule has 0 spiro atoms. The summed E-state index contributed by atoms with van der Waals surface area (Å²) in [4.78, 5) is 25.9. The van der Waals surface area contributed by atoms with E-state index >= 15 is 0 Å². The van der Waals surface area contributed by atoms with Gasteiger partial charge in [-0.2, -0.15) is 11.3 Å². The minimum Gasteiger partial charge on any atom is -0.322 e. The predicted molar refractivity (Wildman–Crippen MR) is 101 cm³/mol. The van der Waals surface area contributed by atoms with Crippen molar-refractivity contribution in [3.63, 3.8) is 0 Å². The molecule has 0 fully saturated rings. The molecule has 0 radical (unpaired) electrons. The largest absolute Gasteiger partial charge is 0.322 e. The molecular weight excluding hydrogens is 332 g/mol. The number of likely N-dealkylation sites (N-methyl/N-ethyl adjacent to an activating group) is 1. The summed E-state index contributed by atoms with van der Waals surface area (Å²) in [6.07, 6.45) is 0.380. The summed E-state index contributed by atoms with van der Waals surface area (Å²) in [5, 5.41) is 7.02. The average Bonchev–Trinajstić information content (AvgIpc) is 3.24. The lowest BCUT2D eigenvalue weighted by atomic mass is 10.1. The number of amides is 2. The van der Waals surface area contributed by atoms with Crippen LogP contribution in [-0.2, 0) is 11.2 Å². The van der Waals surface area contributed by atoms with Crippen LogP contribution >= 0.6 is 11.3 Å². The molecular formula is C20H16N2O2S. The van der Waals surface area contributed by atoms with Crippen molar-refractivity contribution in [2.45, 2.75) is 6.42 Å². The molecule has 0 atom stereocenters. The Bertz CT molecular complexity index is 946. The summed E-state index contributed by atoms with van der Waals surface area (Å²) in [6, 6.07) is 15.2. The maximum atomic E-state index is 12.5. The molecule has 2 aromatic carbocycles. The molecule has 2 amide bonds. The van der Waals surface area contributed by atoms with Crippen LogP contribution in [0.15, 0.2) is 59.3 Å². The summed E-state index contributed by atoms with van der Waals surface area (Å²) in [5.74, 6) is -0.0861. The van der Waals surface area contributed by atoms with Crippen LogP contribution in [-0.4, -0.2) is 18.9 Å². The van der Waals surface area contributed by atoms with E-state index in [4.69, 9.17) is 0 Å². The number of fused-ring (bicyclic) bond motifs is 1. The molecule has 1 aliphatic rings. The SMILES string of the molecule is CN1C(=O)Cc2cc(NC(=O)c3ccc(-c4ccsc4)cc3)ccc21. The first-order valence-corrected chi connectivity index (χ1v) is 8.89. The molecule has 0 saturated carbocycles. The molecule has 0 unspecified atom stereocenters. The van der Waals surface area contributed by atoms with E-state index in [2.05, 4.69) is 16.8 Å². The Morgan fingerprint density at radius 2 is 1.88 bits per heavy atom. The van der Waals surface area contributed by atoms with Crippen LogP contribution in [0, 0.1) is 0 Å². The van der Waals surface area contributed by atoms with Gasteiger partial charge in [-0.1, -0.05) is 12.1 Å². The van der Waals surface area contributed by atoms with Gasteiger partial charge in [-0.05, 0) is 63.8 Å². The number of hydrogen-bond donors (Lipinski definition) is 1. The summed E-state index contributed by atoms with van der Waals surface area (Å²) in [6.45, 7) is 0. The maximum absolute atomic E-state index is 12.5. The molecule has 1 N–H and O–H groups in total. The number of carbonyl (C=O) groups is 2. The second kappa shape index (κ2) is 6.18. The molecule has 2 heterocycles. The maximum Gasteiger partial charge on any atom is 0.255 e. The number of rotatable bonds is 3. The summed E-state index contributed by atoms with van der Waals surface area (Å²) >= 11 is 1.65. The smallest absolute Gasteiger partial charge is 0.255 e. The van der Waals surface area contributed by atoms with Gasteiger partial charge < -0.3 is 10.2 Å². The molecule has 25 heavy (non-hydrogen) atoms. The molecule has 124 valence electrons. The van der Waals surface area contributed by atoms with E-state index in [0.717, 1.165) is 22.4 Å². The zero-order chi connectivity index (χ0) is 17.4. The Hall–Kier alpha value is -2.92. The van der Waals surface area contributed by atoms with Crippen molar-refractivity contribution in [1.82, 2.24) is 0 Å². The van der Waals surface area contributed by atoms with Gasteiger partial charge in [0, 0.05) is 24.0 Å². The molecule has 0 aliphatic carbocycles. The van der Waals surface area contributed by atoms with Crippen molar-refractivity contribution in [3.05, 3.63) is 70.4 Å². The zero-order valence-corrected chi connectivity index (χ0v) is 14.5. The topological polar surface area (TPSA) is 49.4 Å². The standard InChI is InChI=1S/C20H16N2O2S/c1-22-18-7-6-17(10-16(18)11-19(22)23)21-20(24)14-4-2-13(3-5-14)15-8-9-25-12-15/h2-10,12H,11H2,1H3,(H,21,24). The van der Waals surface area contributed by atoms with Crippen molar-refractivity contribution in [1.29, 1.82) is 0 Å². The van der Waals surface area contributed by atoms with Crippen LogP contribution in [0.25, 0.3) is 11.1 Å². The number of benzene rings is 2. The molecule has 4 rings (SSSR count). The van der Waals surface area contributed by atoms with Gasteiger partial charge in [-0.25, -0.2) is 0 Å². The molecule has 0 saturated heterocycles. The first kappa shape index (κ1) is 15.6. The van der Waals surface area contributed by atoms with E-state index < -0.39 is 0 Å². The Morgan fingerprint density at radius 1 is 1.08 bits per heavy atom. The number of hydrogen-bond acceptors (Lipinski definition) is 3. The highest BCUT2D eigenvalue weighted by Crippen LogP contribution is 2.30. The first-order valence-electron chi connectivity index (χ1n) is 7.95. The van der Waals surface area contributed by atoms with Gasteiger partial charge in [0.2, 0.25) is 5.91 Å². The van der Waals surface area contributed by atoms with E-state index in [1.165, 1.54) is 0 Å². The molecule has 0 bridgehead atoms. The molecule has 3 aromatic rings. The zero-order valence-electron chi connectivity index (χ0n) is 13.7. The number of carbonyl (C=O) groups excluding carboxylic acids is 2. The lowest BCUT2D eigenvalue weighted by molar-refractivity contribution is -0.117. The number of anilines is 2. The highest BCUT2D eigenvalue weighted by atomic mass is 32.1. The van der Waals surface area contributed by atoms with Crippen LogP contribution in [0.2, 0.25) is 0 Å². The van der Waals surface area contributed by atoms with Gasteiger partial charge in [-0.3, -0.25) is 9.59 Å². The third kappa shape index (κ3) is 2.94. The Kier molecular flexibility index (Phi) is 3.86. The van der Waals surface area contributed by atoms with E-state index in [1.807, 2.05) is 47.8 Å². The van der Waals surface area contributed by atoms with Gasteiger partial charge in [0.25, 0.3) is 5.91 Å². The highest BCUT2D eigenvalue weighted by molar-refractivity contribution is 7.08. The van der Waals surface area contributed by atoms with E-state index in [-0.39, 0.29) is 11.8 Å². The van der Waals surface area contributed by atoms with Crippen molar-refractivity contribution >= 4 is 34.5 Å². The van der Waals surface area contributed by atoms with Crippen LogP contribution in [0.4, 0.5) is 11.4 Å². The minimum absolute atomic E-state index is 0.0718. The lowest BCUT2D eigenvalue weighted by Gasteiger charge is -2.11. The number of nitrogens with zero attached hydrogens (tertiary/aromatic N) is 1. The fourth-order valence-electron chi connectivity index (χ4n) is 2.99. The van der Waals surface area contributed by atoms with Crippen molar-refractivity contribution in [2.24, 2.45) is 0 Å². The van der Waals surface area contributed by atoms with Crippen molar-refractivity contribution < 1.29 is 9.59 Å². The third-order valence-electron chi connectivity index (χ3n) is 4.42. The Labute approximate surface area is 149 Å². The van der Waals surface area contributed by atoms with E-state index in [0.29, 0.717) is 17.7 Å². The lowest BCUT2D eigenvalue weighted by Crippen LogP contribution is -2.20. The van der Waals surface area contributed by atoms with E-state index in [9.17, 15) is 9.59 Å². The van der Waals surface area contributed by atoms with Gasteiger partial charge in [0.15, 0.2) is 0 Å². The first-order chi connectivity index (χ1) is 12.1. The van der Waals surface area contributed by atoms with Crippen LogP contribution in [0.5, 0.6) is 0 Å². The van der Waals surface area contributed by atoms with Gasteiger partial charge in [-0.15, -0.1) is 0 Å². The number of thiophene rings is 1. The van der Waals surface area contributed by atoms with Crippen LogP contribution < -0.4 is 10.2 Å². The highest BCUT2D eigenvalue weighted by Gasteiger charge is 2.24. The second-order valence-corrected chi connectivity index (χ2v) is 6.80. The van der Waals surface area contributed by atoms with Gasteiger partial charge >= 0.3 is 0 Å². The quantitative estimate of drug-likeness (QED) is 0.772. The predicted octanol–water partition coefficient (Wildman–Crippen LogP) is 4.19. The summed E-state index contributed by atoms with van der Waals surface area (Å²) in [5.41, 5.74) is 5.41. The molecule has 5 heteroatoms. The van der Waals surface area contributed by atoms with Crippen LogP contribution in [0.1, 0.15) is 15.9 Å². The normalized spacial score (nSPS) is 13.0. The summed E-state index contributed by atoms with van der Waals surface area (Å²) < 4.78 is 0. The van der Waals surface area contributed by atoms with Crippen LogP contribution in [0.3, 0.4) is 0 Å². The van der Waals surface area contributed by atoms with Crippen molar-refractivity contribution in [2.75, 3.05) is 17.3 Å². The fourth-order valence-corrected chi connectivity index (χ4v) is 3.66. The monoisotopic (exact) mass is 348 g/mol. The fraction of sp³-hybridized carbons (Fsp3) is 0.100.